The van der Waals surface area contributed by atoms with Gasteiger partial charge in [-0.25, -0.2) is 0 Å². The van der Waals surface area contributed by atoms with Crippen molar-refractivity contribution in [3.63, 3.8) is 0 Å². The number of aromatic nitrogens is 1. The van der Waals surface area contributed by atoms with Gasteiger partial charge in [-0.05, 0) is 25.5 Å². The number of hydrogen-bond donors (Lipinski definition) is 1. The molecule has 0 radical (unpaired) electrons. The van der Waals surface area contributed by atoms with Gasteiger partial charge in [0.05, 0.1) is 0 Å². The fourth-order valence-corrected chi connectivity index (χ4v) is 3.22. The van der Waals surface area contributed by atoms with Crippen molar-refractivity contribution in [1.29, 1.82) is 0 Å². The summed E-state index contributed by atoms with van der Waals surface area (Å²) < 4.78 is 2.24. The number of rotatable bonds is 2. The molecule has 3 rings (SSSR count). The maximum absolute atomic E-state index is 3.43. The molecular weight excluding hydrogens is 234 g/mol. The van der Waals surface area contributed by atoms with Crippen molar-refractivity contribution in [2.45, 2.75) is 19.4 Å². The Hall–Kier alpha value is -1.32. The fraction of sp³-hybridized carbons (Fsp3) is 0.500. The van der Waals surface area contributed by atoms with Gasteiger partial charge in [0.25, 0.3) is 0 Å². The van der Waals surface area contributed by atoms with Crippen LogP contribution < -0.4 is 5.32 Å². The van der Waals surface area contributed by atoms with Crippen LogP contribution in [-0.2, 0) is 12.6 Å². The van der Waals surface area contributed by atoms with Gasteiger partial charge >= 0.3 is 0 Å². The smallest absolute Gasteiger partial charge is 0.0481 e. The highest BCUT2D eigenvalue weighted by molar-refractivity contribution is 5.84. The number of benzene rings is 1. The standard InChI is InChI=1S/C16H23N3/c1-16(2,19-10-8-17-9-11-19)14-12-18(3)15-7-5-4-6-13(14)15/h4-7,12,17H,8-11H2,1-3H3. The lowest BCUT2D eigenvalue weighted by atomic mass is 9.91. The maximum Gasteiger partial charge on any atom is 0.0481 e. The third-order valence-electron chi connectivity index (χ3n) is 4.46. The van der Waals surface area contributed by atoms with Gasteiger partial charge in [0.1, 0.15) is 0 Å². The number of nitrogens with one attached hydrogen (secondary N) is 1. The largest absolute Gasteiger partial charge is 0.350 e. The second-order valence-electron chi connectivity index (χ2n) is 5.97. The van der Waals surface area contributed by atoms with Gasteiger partial charge in [0.2, 0.25) is 0 Å². The van der Waals surface area contributed by atoms with Crippen LogP contribution in [0.5, 0.6) is 0 Å². The summed E-state index contributed by atoms with van der Waals surface area (Å²) in [4.78, 5) is 2.59. The summed E-state index contributed by atoms with van der Waals surface area (Å²) in [5.74, 6) is 0. The first-order valence-electron chi connectivity index (χ1n) is 7.11. The molecule has 1 N–H and O–H groups in total. The minimum Gasteiger partial charge on any atom is -0.350 e. The summed E-state index contributed by atoms with van der Waals surface area (Å²) in [7, 11) is 2.14. The molecule has 0 amide bonds. The maximum atomic E-state index is 3.43. The van der Waals surface area contributed by atoms with E-state index in [1.54, 1.807) is 0 Å². The van der Waals surface area contributed by atoms with Gasteiger partial charge in [-0.3, -0.25) is 4.90 Å². The van der Waals surface area contributed by atoms with E-state index in [1.807, 2.05) is 0 Å². The molecule has 1 aliphatic rings. The number of para-hydroxylation sites is 1. The Labute approximate surface area is 115 Å². The highest BCUT2D eigenvalue weighted by Crippen LogP contribution is 2.34. The Morgan fingerprint density at radius 2 is 1.79 bits per heavy atom. The van der Waals surface area contributed by atoms with E-state index >= 15 is 0 Å². The average Bonchev–Trinajstić information content (AvgIpc) is 2.79. The molecular formula is C16H23N3. The van der Waals surface area contributed by atoms with Crippen molar-refractivity contribution in [3.05, 3.63) is 36.0 Å². The molecule has 0 saturated carbocycles. The van der Waals surface area contributed by atoms with Crippen LogP contribution in [0.25, 0.3) is 10.9 Å². The predicted octanol–water partition coefficient (Wildman–Crippen LogP) is 2.32. The van der Waals surface area contributed by atoms with E-state index in [9.17, 15) is 0 Å². The summed E-state index contributed by atoms with van der Waals surface area (Å²) in [5, 5.41) is 4.82. The molecule has 2 aromatic rings. The molecule has 19 heavy (non-hydrogen) atoms. The first kappa shape index (κ1) is 12.7. The van der Waals surface area contributed by atoms with Crippen LogP contribution in [-0.4, -0.2) is 35.6 Å². The van der Waals surface area contributed by atoms with Crippen LogP contribution in [0.2, 0.25) is 0 Å². The Kier molecular flexibility index (Phi) is 3.11. The molecule has 0 aliphatic carbocycles. The number of piperazine rings is 1. The van der Waals surface area contributed by atoms with Crippen molar-refractivity contribution >= 4 is 10.9 Å². The Morgan fingerprint density at radius 1 is 1.11 bits per heavy atom. The molecule has 102 valence electrons. The van der Waals surface area contributed by atoms with E-state index in [1.165, 1.54) is 16.5 Å². The third kappa shape index (κ3) is 2.07. The lowest BCUT2D eigenvalue weighted by molar-refractivity contribution is 0.104. The van der Waals surface area contributed by atoms with Crippen molar-refractivity contribution in [2.24, 2.45) is 7.05 Å². The van der Waals surface area contributed by atoms with E-state index in [-0.39, 0.29) is 5.54 Å². The van der Waals surface area contributed by atoms with Gasteiger partial charge in [-0.2, -0.15) is 0 Å². The Bertz CT molecular complexity index is 577. The molecule has 3 heteroatoms. The van der Waals surface area contributed by atoms with Gasteiger partial charge < -0.3 is 9.88 Å². The van der Waals surface area contributed by atoms with Crippen molar-refractivity contribution < 1.29 is 0 Å². The van der Waals surface area contributed by atoms with Crippen LogP contribution in [0.3, 0.4) is 0 Å². The van der Waals surface area contributed by atoms with Crippen LogP contribution in [0.1, 0.15) is 19.4 Å². The molecule has 3 nitrogen and oxygen atoms in total. The first-order valence-corrected chi connectivity index (χ1v) is 7.11. The third-order valence-corrected chi connectivity index (χ3v) is 4.46. The number of aryl methyl sites for hydroxylation is 1. The van der Waals surface area contributed by atoms with Gasteiger partial charge in [-0.1, -0.05) is 18.2 Å². The van der Waals surface area contributed by atoms with Crippen molar-refractivity contribution in [2.75, 3.05) is 26.2 Å². The summed E-state index contributed by atoms with van der Waals surface area (Å²) >= 11 is 0. The minimum atomic E-state index is 0.0863. The number of nitrogens with zero attached hydrogens (tertiary/aromatic N) is 2. The normalized spacial score (nSPS) is 18.1. The quantitative estimate of drug-likeness (QED) is 0.891. The molecule has 1 aliphatic heterocycles. The van der Waals surface area contributed by atoms with Crippen LogP contribution in [0.15, 0.2) is 30.5 Å². The van der Waals surface area contributed by atoms with Crippen LogP contribution >= 0.6 is 0 Å². The van der Waals surface area contributed by atoms with Crippen LogP contribution in [0.4, 0.5) is 0 Å². The fourth-order valence-electron chi connectivity index (χ4n) is 3.22. The van der Waals surface area contributed by atoms with Gasteiger partial charge in [0.15, 0.2) is 0 Å². The number of fused-ring (bicyclic) bond motifs is 1. The van der Waals surface area contributed by atoms with E-state index in [4.69, 9.17) is 0 Å². The molecule has 1 aromatic carbocycles. The minimum absolute atomic E-state index is 0.0863. The molecule has 0 spiro atoms. The molecule has 0 unspecified atom stereocenters. The zero-order valence-corrected chi connectivity index (χ0v) is 12.1. The summed E-state index contributed by atoms with van der Waals surface area (Å²) in [6, 6.07) is 8.70. The van der Waals surface area contributed by atoms with E-state index in [0.29, 0.717) is 0 Å². The second-order valence-corrected chi connectivity index (χ2v) is 5.97. The zero-order valence-electron chi connectivity index (χ0n) is 12.1. The Morgan fingerprint density at radius 3 is 2.53 bits per heavy atom. The van der Waals surface area contributed by atoms with Crippen LogP contribution in [0, 0.1) is 0 Å². The monoisotopic (exact) mass is 257 g/mol. The number of hydrogen-bond acceptors (Lipinski definition) is 2. The first-order chi connectivity index (χ1) is 9.10. The predicted molar refractivity (Wildman–Crippen MR) is 80.4 cm³/mol. The Balaban J connectivity index is 2.07. The van der Waals surface area contributed by atoms with E-state index < -0.39 is 0 Å². The molecule has 0 bridgehead atoms. The average molecular weight is 257 g/mol. The summed E-state index contributed by atoms with van der Waals surface area (Å²) in [6.07, 6.45) is 2.30. The SMILES string of the molecule is Cn1cc(C(C)(C)N2CCNCC2)c2ccccc21. The molecule has 1 fully saturated rings. The lowest BCUT2D eigenvalue weighted by Crippen LogP contribution is -2.51. The molecule has 0 atom stereocenters. The molecule has 2 heterocycles. The van der Waals surface area contributed by atoms with E-state index in [2.05, 4.69) is 66.1 Å². The summed E-state index contributed by atoms with van der Waals surface area (Å²) in [6.45, 7) is 9.12. The highest BCUT2D eigenvalue weighted by atomic mass is 15.2. The molecule has 1 aromatic heterocycles. The van der Waals surface area contributed by atoms with Gasteiger partial charge in [0, 0.05) is 55.9 Å². The summed E-state index contributed by atoms with van der Waals surface area (Å²) in [5.41, 5.74) is 2.84. The second kappa shape index (κ2) is 4.66. The van der Waals surface area contributed by atoms with Crippen molar-refractivity contribution in [1.82, 2.24) is 14.8 Å². The van der Waals surface area contributed by atoms with E-state index in [0.717, 1.165) is 26.2 Å². The highest BCUT2D eigenvalue weighted by Gasteiger charge is 2.32. The topological polar surface area (TPSA) is 20.2 Å². The van der Waals surface area contributed by atoms with Gasteiger partial charge in [-0.15, -0.1) is 0 Å². The lowest BCUT2D eigenvalue weighted by Gasteiger charge is -2.41. The zero-order chi connectivity index (χ0) is 13.5. The van der Waals surface area contributed by atoms with Crippen molar-refractivity contribution in [3.8, 4) is 0 Å². The molecule has 1 saturated heterocycles.